The van der Waals surface area contributed by atoms with Crippen molar-refractivity contribution in [3.8, 4) is 6.07 Å². The molecule has 2 atom stereocenters. The molecule has 2 aliphatic heterocycles. The maximum absolute atomic E-state index is 12.2. The second kappa shape index (κ2) is 5.48. The lowest BCUT2D eigenvalue weighted by molar-refractivity contribution is -0.132. The van der Waals surface area contributed by atoms with Gasteiger partial charge in [-0.3, -0.25) is 9.69 Å². The van der Waals surface area contributed by atoms with E-state index in [2.05, 4.69) is 30.1 Å². The lowest BCUT2D eigenvalue weighted by atomic mass is 9.85. The second-order valence-electron chi connectivity index (χ2n) is 6.28. The number of nitrogens with one attached hydrogen (secondary N) is 1. The Kier molecular flexibility index (Phi) is 4.12. The SMILES string of the molecule is CN(CCC#N)C(=O)CN1CC2CNCC2C1(C)C. The van der Waals surface area contributed by atoms with Crippen molar-refractivity contribution < 1.29 is 4.79 Å². The molecule has 0 spiro atoms. The number of nitriles is 1. The summed E-state index contributed by atoms with van der Waals surface area (Å²) in [7, 11) is 1.78. The van der Waals surface area contributed by atoms with Crippen LogP contribution < -0.4 is 5.32 Å². The smallest absolute Gasteiger partial charge is 0.236 e. The first-order valence-corrected chi connectivity index (χ1v) is 7.03. The van der Waals surface area contributed by atoms with Gasteiger partial charge in [0, 0.05) is 32.2 Å². The Morgan fingerprint density at radius 3 is 2.89 bits per heavy atom. The highest BCUT2D eigenvalue weighted by molar-refractivity contribution is 5.78. The summed E-state index contributed by atoms with van der Waals surface area (Å²) >= 11 is 0. The van der Waals surface area contributed by atoms with E-state index in [0.717, 1.165) is 19.6 Å². The van der Waals surface area contributed by atoms with E-state index >= 15 is 0 Å². The van der Waals surface area contributed by atoms with Crippen LogP contribution in [-0.2, 0) is 4.79 Å². The van der Waals surface area contributed by atoms with Gasteiger partial charge in [-0.25, -0.2) is 0 Å². The van der Waals surface area contributed by atoms with Crippen LogP contribution in [0.4, 0.5) is 0 Å². The molecule has 2 heterocycles. The van der Waals surface area contributed by atoms with Gasteiger partial charge in [0.15, 0.2) is 0 Å². The van der Waals surface area contributed by atoms with Gasteiger partial charge in [0.05, 0.1) is 19.0 Å². The molecular formula is C14H24N4O. The Bertz CT molecular complexity index is 387. The fraction of sp³-hybridized carbons (Fsp3) is 0.857. The Balaban J connectivity index is 1.93. The molecule has 19 heavy (non-hydrogen) atoms. The van der Waals surface area contributed by atoms with Crippen LogP contribution >= 0.6 is 0 Å². The number of amides is 1. The van der Waals surface area contributed by atoms with Crippen molar-refractivity contribution >= 4 is 5.91 Å². The Morgan fingerprint density at radius 1 is 1.53 bits per heavy atom. The first-order chi connectivity index (χ1) is 8.96. The van der Waals surface area contributed by atoms with Gasteiger partial charge < -0.3 is 10.2 Å². The molecule has 2 saturated heterocycles. The highest BCUT2D eigenvalue weighted by Gasteiger charge is 2.49. The van der Waals surface area contributed by atoms with Crippen molar-refractivity contribution in [2.75, 3.05) is 39.8 Å². The number of likely N-dealkylation sites (N-methyl/N-ethyl adjacent to an activating group) is 1. The minimum Gasteiger partial charge on any atom is -0.344 e. The van der Waals surface area contributed by atoms with Crippen LogP contribution in [0.3, 0.4) is 0 Å². The first kappa shape index (κ1) is 14.3. The van der Waals surface area contributed by atoms with Gasteiger partial charge in [-0.05, 0) is 32.2 Å². The van der Waals surface area contributed by atoms with E-state index in [1.165, 1.54) is 0 Å². The first-order valence-electron chi connectivity index (χ1n) is 7.03. The van der Waals surface area contributed by atoms with Crippen LogP contribution in [-0.4, -0.2) is 61.0 Å². The largest absolute Gasteiger partial charge is 0.344 e. The van der Waals surface area contributed by atoms with E-state index in [9.17, 15) is 4.79 Å². The fourth-order valence-electron chi connectivity index (χ4n) is 3.40. The summed E-state index contributed by atoms with van der Waals surface area (Å²) in [4.78, 5) is 16.2. The van der Waals surface area contributed by atoms with E-state index in [0.29, 0.717) is 31.3 Å². The van der Waals surface area contributed by atoms with Crippen molar-refractivity contribution in [2.45, 2.75) is 25.8 Å². The Labute approximate surface area is 115 Å². The molecule has 0 aromatic heterocycles. The molecule has 2 fully saturated rings. The van der Waals surface area contributed by atoms with Crippen LogP contribution in [0.2, 0.25) is 0 Å². The Morgan fingerprint density at radius 2 is 2.26 bits per heavy atom. The van der Waals surface area contributed by atoms with E-state index in [-0.39, 0.29) is 11.4 Å². The molecular weight excluding hydrogens is 240 g/mol. The average molecular weight is 264 g/mol. The van der Waals surface area contributed by atoms with Gasteiger partial charge in [-0.15, -0.1) is 0 Å². The van der Waals surface area contributed by atoms with Gasteiger partial charge in [-0.2, -0.15) is 5.26 Å². The van der Waals surface area contributed by atoms with E-state index in [4.69, 9.17) is 5.26 Å². The van der Waals surface area contributed by atoms with Crippen LogP contribution in [0.5, 0.6) is 0 Å². The topological polar surface area (TPSA) is 59.4 Å². The van der Waals surface area contributed by atoms with E-state index < -0.39 is 0 Å². The zero-order valence-electron chi connectivity index (χ0n) is 12.1. The summed E-state index contributed by atoms with van der Waals surface area (Å²) < 4.78 is 0. The summed E-state index contributed by atoms with van der Waals surface area (Å²) in [6.07, 6.45) is 0.404. The van der Waals surface area contributed by atoms with Crippen molar-refractivity contribution in [2.24, 2.45) is 11.8 Å². The molecule has 0 saturated carbocycles. The highest BCUT2D eigenvalue weighted by atomic mass is 16.2. The summed E-state index contributed by atoms with van der Waals surface area (Å²) in [5.41, 5.74) is 0.0832. The van der Waals surface area contributed by atoms with Gasteiger partial charge in [0.1, 0.15) is 0 Å². The molecule has 5 heteroatoms. The molecule has 2 aliphatic rings. The molecule has 2 unspecified atom stereocenters. The van der Waals surface area contributed by atoms with Gasteiger partial charge in [0.2, 0.25) is 5.91 Å². The number of fused-ring (bicyclic) bond motifs is 1. The fourth-order valence-corrected chi connectivity index (χ4v) is 3.40. The number of carbonyl (C=O) groups is 1. The van der Waals surface area contributed by atoms with Crippen LogP contribution in [0.15, 0.2) is 0 Å². The van der Waals surface area contributed by atoms with Gasteiger partial charge in [0.25, 0.3) is 0 Å². The molecule has 5 nitrogen and oxygen atoms in total. The maximum Gasteiger partial charge on any atom is 0.236 e. The quantitative estimate of drug-likeness (QED) is 0.793. The molecule has 0 radical (unpaired) electrons. The maximum atomic E-state index is 12.2. The molecule has 0 bridgehead atoms. The number of rotatable bonds is 4. The number of hydrogen-bond donors (Lipinski definition) is 1. The third kappa shape index (κ3) is 2.75. The van der Waals surface area contributed by atoms with E-state index in [1.54, 1.807) is 11.9 Å². The summed E-state index contributed by atoms with van der Waals surface area (Å²) in [5.74, 6) is 1.44. The van der Waals surface area contributed by atoms with Crippen LogP contribution in [0.25, 0.3) is 0 Å². The second-order valence-corrected chi connectivity index (χ2v) is 6.28. The average Bonchev–Trinajstić information content (AvgIpc) is 2.90. The number of nitrogens with zero attached hydrogens (tertiary/aromatic N) is 3. The van der Waals surface area contributed by atoms with Crippen LogP contribution in [0.1, 0.15) is 20.3 Å². The highest BCUT2D eigenvalue weighted by Crippen LogP contribution is 2.40. The number of likely N-dealkylation sites (tertiary alicyclic amines) is 1. The predicted molar refractivity (Wildman–Crippen MR) is 73.4 cm³/mol. The molecule has 1 N–H and O–H groups in total. The molecule has 0 aromatic rings. The van der Waals surface area contributed by atoms with Crippen molar-refractivity contribution in [1.82, 2.24) is 15.1 Å². The zero-order chi connectivity index (χ0) is 14.0. The minimum absolute atomic E-state index is 0.0832. The molecule has 0 aliphatic carbocycles. The third-order valence-electron chi connectivity index (χ3n) is 4.83. The van der Waals surface area contributed by atoms with Crippen molar-refractivity contribution in [3.05, 3.63) is 0 Å². The van der Waals surface area contributed by atoms with E-state index in [1.807, 2.05) is 0 Å². The van der Waals surface area contributed by atoms with Crippen LogP contribution in [0, 0.1) is 23.2 Å². The van der Waals surface area contributed by atoms with Gasteiger partial charge >= 0.3 is 0 Å². The number of carbonyl (C=O) groups excluding carboxylic acids is 1. The summed E-state index contributed by atoms with van der Waals surface area (Å²) in [6, 6.07) is 2.08. The standard InChI is InChI=1S/C14H24N4O/c1-14(2)12-8-16-7-11(12)9-18(14)10-13(19)17(3)6-4-5-15/h11-12,16H,4,6-10H2,1-3H3. The van der Waals surface area contributed by atoms with Crippen molar-refractivity contribution in [3.63, 3.8) is 0 Å². The minimum atomic E-state index is 0.0832. The molecule has 2 rings (SSSR count). The van der Waals surface area contributed by atoms with Crippen molar-refractivity contribution in [1.29, 1.82) is 5.26 Å². The lowest BCUT2D eigenvalue weighted by Gasteiger charge is -2.36. The molecule has 106 valence electrons. The number of hydrogen-bond acceptors (Lipinski definition) is 4. The molecule has 0 aromatic carbocycles. The van der Waals surface area contributed by atoms with Gasteiger partial charge in [-0.1, -0.05) is 0 Å². The monoisotopic (exact) mass is 264 g/mol. The lowest BCUT2D eigenvalue weighted by Crippen LogP contribution is -2.49. The zero-order valence-corrected chi connectivity index (χ0v) is 12.1. The third-order valence-corrected chi connectivity index (χ3v) is 4.83. The Hall–Kier alpha value is -1.12. The summed E-state index contributed by atoms with van der Waals surface area (Å²) in [6.45, 7) is 8.62. The summed E-state index contributed by atoms with van der Waals surface area (Å²) in [5, 5.41) is 12.0. The normalized spacial score (nSPS) is 28.9. The predicted octanol–water partition coefficient (Wildman–Crippen LogP) is 0.288. The molecule has 1 amide bonds.